The van der Waals surface area contributed by atoms with Crippen LogP contribution in [0.1, 0.15) is 17.2 Å². The summed E-state index contributed by atoms with van der Waals surface area (Å²) < 4.78 is 16.3. The van der Waals surface area contributed by atoms with E-state index in [4.69, 9.17) is 10.5 Å². The van der Waals surface area contributed by atoms with Gasteiger partial charge < -0.3 is 10.5 Å². The van der Waals surface area contributed by atoms with Crippen LogP contribution in [-0.2, 0) is 10.8 Å². The Hall–Kier alpha value is -0.870. The maximum atomic E-state index is 11.1. The highest BCUT2D eigenvalue weighted by atomic mass is 32.2. The van der Waals surface area contributed by atoms with Crippen molar-refractivity contribution in [3.05, 3.63) is 29.3 Å². The number of aryl methyl sites for hydroxylation is 1. The van der Waals surface area contributed by atoms with E-state index in [1.165, 1.54) is 0 Å². The van der Waals surface area contributed by atoms with Crippen LogP contribution in [0, 0.1) is 6.92 Å². The van der Waals surface area contributed by atoms with Gasteiger partial charge in [-0.1, -0.05) is 17.7 Å². The zero-order valence-corrected chi connectivity index (χ0v) is 10.1. The summed E-state index contributed by atoms with van der Waals surface area (Å²) in [6.45, 7) is 2.00. The van der Waals surface area contributed by atoms with Gasteiger partial charge in [0.05, 0.1) is 7.11 Å². The third-order valence-electron chi connectivity index (χ3n) is 2.20. The SMILES string of the molecule is COc1ccc(C)cc1C(N)CS(C)=O. The molecule has 0 spiro atoms. The molecule has 0 saturated carbocycles. The molecule has 15 heavy (non-hydrogen) atoms. The van der Waals surface area contributed by atoms with E-state index in [9.17, 15) is 4.21 Å². The predicted molar refractivity (Wildman–Crippen MR) is 63.6 cm³/mol. The summed E-state index contributed by atoms with van der Waals surface area (Å²) in [6.07, 6.45) is 1.65. The summed E-state index contributed by atoms with van der Waals surface area (Å²) in [4.78, 5) is 0. The Bertz CT molecular complexity index is 366. The largest absolute Gasteiger partial charge is 0.496 e. The van der Waals surface area contributed by atoms with Crippen molar-refractivity contribution in [2.24, 2.45) is 5.73 Å². The molecule has 1 aromatic rings. The fourth-order valence-electron chi connectivity index (χ4n) is 1.49. The van der Waals surface area contributed by atoms with Crippen LogP contribution in [-0.4, -0.2) is 23.3 Å². The normalized spacial score (nSPS) is 14.7. The summed E-state index contributed by atoms with van der Waals surface area (Å²) >= 11 is 0. The molecule has 4 heteroatoms. The van der Waals surface area contributed by atoms with Gasteiger partial charge in [-0.3, -0.25) is 4.21 Å². The number of nitrogens with two attached hydrogens (primary N) is 1. The number of methoxy groups -OCH3 is 1. The minimum Gasteiger partial charge on any atom is -0.496 e. The molecule has 0 saturated heterocycles. The molecule has 2 N–H and O–H groups in total. The van der Waals surface area contributed by atoms with Crippen molar-refractivity contribution in [2.45, 2.75) is 13.0 Å². The molecule has 0 radical (unpaired) electrons. The van der Waals surface area contributed by atoms with Gasteiger partial charge in [-0.05, 0) is 13.0 Å². The molecule has 84 valence electrons. The molecule has 0 aliphatic rings. The van der Waals surface area contributed by atoms with Crippen LogP contribution in [0.15, 0.2) is 18.2 Å². The Morgan fingerprint density at radius 1 is 1.53 bits per heavy atom. The molecule has 1 aromatic carbocycles. The van der Waals surface area contributed by atoms with Crippen molar-refractivity contribution in [2.75, 3.05) is 19.1 Å². The second-order valence-electron chi connectivity index (χ2n) is 3.59. The molecular weight excluding hydrogens is 210 g/mol. The Balaban J connectivity index is 2.99. The lowest BCUT2D eigenvalue weighted by Crippen LogP contribution is -2.18. The Labute approximate surface area is 93.1 Å². The van der Waals surface area contributed by atoms with E-state index in [0.717, 1.165) is 16.9 Å². The molecule has 3 nitrogen and oxygen atoms in total. The monoisotopic (exact) mass is 227 g/mol. The summed E-state index contributed by atoms with van der Waals surface area (Å²) in [6, 6.07) is 5.61. The maximum Gasteiger partial charge on any atom is 0.123 e. The minimum atomic E-state index is -0.894. The molecule has 2 atom stereocenters. The number of hydrogen-bond donors (Lipinski definition) is 1. The van der Waals surface area contributed by atoms with Crippen LogP contribution in [0.25, 0.3) is 0 Å². The lowest BCUT2D eigenvalue weighted by Gasteiger charge is -2.15. The molecule has 0 fully saturated rings. The van der Waals surface area contributed by atoms with E-state index < -0.39 is 10.8 Å². The zero-order chi connectivity index (χ0) is 11.4. The van der Waals surface area contributed by atoms with Gasteiger partial charge in [-0.2, -0.15) is 0 Å². The molecule has 0 aliphatic heterocycles. The third-order valence-corrected chi connectivity index (χ3v) is 3.03. The van der Waals surface area contributed by atoms with Crippen molar-refractivity contribution < 1.29 is 8.95 Å². The smallest absolute Gasteiger partial charge is 0.123 e. The standard InChI is InChI=1S/C11H17NO2S/c1-8-4-5-11(14-2)9(6-8)10(12)7-15(3)13/h4-6,10H,7,12H2,1-3H3. The van der Waals surface area contributed by atoms with Gasteiger partial charge in [0.1, 0.15) is 5.75 Å². The highest BCUT2D eigenvalue weighted by molar-refractivity contribution is 7.84. The van der Waals surface area contributed by atoms with Crippen LogP contribution in [0.5, 0.6) is 5.75 Å². The quantitative estimate of drug-likeness (QED) is 0.845. The Kier molecular flexibility index (Phi) is 4.29. The average molecular weight is 227 g/mol. The summed E-state index contributed by atoms with van der Waals surface area (Å²) in [7, 11) is 0.721. The van der Waals surface area contributed by atoms with Crippen LogP contribution in [0.3, 0.4) is 0 Å². The molecular formula is C11H17NO2S. The van der Waals surface area contributed by atoms with Gasteiger partial charge in [0.25, 0.3) is 0 Å². The van der Waals surface area contributed by atoms with Crippen molar-refractivity contribution in [3.63, 3.8) is 0 Å². The number of ether oxygens (including phenoxy) is 1. The summed E-state index contributed by atoms with van der Waals surface area (Å²) in [5.74, 6) is 1.22. The first kappa shape index (κ1) is 12.2. The molecule has 0 aromatic heterocycles. The molecule has 2 unspecified atom stereocenters. The fraction of sp³-hybridized carbons (Fsp3) is 0.455. The van der Waals surface area contributed by atoms with Gasteiger partial charge in [0, 0.05) is 34.4 Å². The Morgan fingerprint density at radius 2 is 2.20 bits per heavy atom. The van der Waals surface area contributed by atoms with E-state index >= 15 is 0 Å². The number of hydrogen-bond acceptors (Lipinski definition) is 3. The lowest BCUT2D eigenvalue weighted by molar-refractivity contribution is 0.407. The first-order chi connectivity index (χ1) is 7.04. The Morgan fingerprint density at radius 3 is 2.73 bits per heavy atom. The summed E-state index contributed by atoms with van der Waals surface area (Å²) in [5, 5.41) is 0. The van der Waals surface area contributed by atoms with Gasteiger partial charge in [-0.15, -0.1) is 0 Å². The average Bonchev–Trinajstić information content (AvgIpc) is 2.16. The molecule has 0 aliphatic carbocycles. The van der Waals surface area contributed by atoms with Crippen LogP contribution in [0.2, 0.25) is 0 Å². The van der Waals surface area contributed by atoms with Crippen LogP contribution in [0.4, 0.5) is 0 Å². The van der Waals surface area contributed by atoms with E-state index in [-0.39, 0.29) is 6.04 Å². The van der Waals surface area contributed by atoms with Crippen molar-refractivity contribution in [3.8, 4) is 5.75 Å². The second kappa shape index (κ2) is 5.28. The number of rotatable bonds is 4. The third kappa shape index (κ3) is 3.32. The van der Waals surface area contributed by atoms with Crippen molar-refractivity contribution in [1.82, 2.24) is 0 Å². The maximum absolute atomic E-state index is 11.1. The van der Waals surface area contributed by atoms with E-state index in [1.54, 1.807) is 13.4 Å². The first-order valence-corrected chi connectivity index (χ1v) is 6.47. The molecule has 1 rings (SSSR count). The van der Waals surface area contributed by atoms with Crippen LogP contribution >= 0.6 is 0 Å². The molecule has 0 bridgehead atoms. The zero-order valence-electron chi connectivity index (χ0n) is 9.32. The van der Waals surface area contributed by atoms with E-state index in [0.29, 0.717) is 5.75 Å². The fourth-order valence-corrected chi connectivity index (χ4v) is 2.17. The van der Waals surface area contributed by atoms with Crippen molar-refractivity contribution >= 4 is 10.8 Å². The van der Waals surface area contributed by atoms with Gasteiger partial charge in [0.2, 0.25) is 0 Å². The summed E-state index contributed by atoms with van der Waals surface area (Å²) in [5.41, 5.74) is 8.02. The van der Waals surface area contributed by atoms with E-state index in [1.807, 2.05) is 25.1 Å². The van der Waals surface area contributed by atoms with E-state index in [2.05, 4.69) is 0 Å². The lowest BCUT2D eigenvalue weighted by atomic mass is 10.1. The predicted octanol–water partition coefficient (Wildman–Crippen LogP) is 1.38. The first-order valence-electron chi connectivity index (χ1n) is 4.74. The highest BCUT2D eigenvalue weighted by Gasteiger charge is 2.13. The number of benzene rings is 1. The van der Waals surface area contributed by atoms with Gasteiger partial charge >= 0.3 is 0 Å². The van der Waals surface area contributed by atoms with Crippen molar-refractivity contribution in [1.29, 1.82) is 0 Å². The molecule has 0 heterocycles. The minimum absolute atomic E-state index is 0.231. The molecule has 0 amide bonds. The van der Waals surface area contributed by atoms with Gasteiger partial charge in [-0.25, -0.2) is 0 Å². The highest BCUT2D eigenvalue weighted by Crippen LogP contribution is 2.25. The van der Waals surface area contributed by atoms with Crippen LogP contribution < -0.4 is 10.5 Å². The topological polar surface area (TPSA) is 52.3 Å². The second-order valence-corrected chi connectivity index (χ2v) is 5.07. The van der Waals surface area contributed by atoms with Gasteiger partial charge in [0.15, 0.2) is 0 Å².